The van der Waals surface area contributed by atoms with Crippen LogP contribution in [0.25, 0.3) is 5.69 Å². The zero-order valence-corrected chi connectivity index (χ0v) is 11.3. The van der Waals surface area contributed by atoms with Gasteiger partial charge in [-0.25, -0.2) is 4.68 Å². The highest BCUT2D eigenvalue weighted by molar-refractivity contribution is 9.10. The van der Waals surface area contributed by atoms with Gasteiger partial charge in [0.1, 0.15) is 5.15 Å². The third-order valence-electron chi connectivity index (χ3n) is 2.79. The molecule has 0 spiro atoms. The Hall–Kier alpha value is -0.840. The Bertz CT molecular complexity index is 568. The van der Waals surface area contributed by atoms with Crippen LogP contribution in [0.5, 0.6) is 0 Å². The highest BCUT2D eigenvalue weighted by Gasteiger charge is 2.20. The van der Waals surface area contributed by atoms with Crippen LogP contribution in [-0.4, -0.2) is 16.4 Å². The summed E-state index contributed by atoms with van der Waals surface area (Å²) in [6.45, 7) is 1.28. The first-order valence-corrected chi connectivity index (χ1v) is 6.53. The molecule has 0 N–H and O–H groups in total. The molecule has 1 aliphatic rings. The van der Waals surface area contributed by atoms with E-state index in [2.05, 4.69) is 21.0 Å². The Balaban J connectivity index is 2.12. The normalized spacial score (nSPS) is 14.7. The molecule has 1 aromatic heterocycles. The van der Waals surface area contributed by atoms with Gasteiger partial charge in [-0.05, 0) is 18.2 Å². The molecule has 1 aromatic carbocycles. The Morgan fingerprint density at radius 2 is 2.29 bits per heavy atom. The predicted molar refractivity (Wildman–Crippen MR) is 69.6 cm³/mol. The first-order valence-electron chi connectivity index (χ1n) is 5.35. The SMILES string of the molecule is Clc1c2c(nn1-c1cccc(Br)c1)CCOC2. The van der Waals surface area contributed by atoms with Crippen LogP contribution in [0.1, 0.15) is 11.3 Å². The quantitative estimate of drug-likeness (QED) is 0.807. The number of aromatic nitrogens is 2. The first kappa shape index (κ1) is 11.3. The van der Waals surface area contributed by atoms with E-state index in [0.29, 0.717) is 11.8 Å². The van der Waals surface area contributed by atoms with E-state index in [0.717, 1.165) is 34.4 Å². The second kappa shape index (κ2) is 4.44. The minimum absolute atomic E-state index is 0.558. The van der Waals surface area contributed by atoms with Crippen LogP contribution in [0.2, 0.25) is 5.15 Å². The molecule has 88 valence electrons. The molecule has 0 atom stereocenters. The molecule has 2 heterocycles. The number of fused-ring (bicyclic) bond motifs is 1. The molecule has 0 saturated heterocycles. The van der Waals surface area contributed by atoms with Crippen LogP contribution in [0.15, 0.2) is 28.7 Å². The van der Waals surface area contributed by atoms with Crippen LogP contribution < -0.4 is 0 Å². The first-order chi connectivity index (χ1) is 8.25. The number of nitrogens with zero attached hydrogens (tertiary/aromatic N) is 2. The standard InChI is InChI=1S/C12H10BrClN2O/c13-8-2-1-3-9(6-8)16-12(14)10-7-17-5-4-11(10)15-16/h1-3,6H,4-5,7H2. The summed E-state index contributed by atoms with van der Waals surface area (Å²) in [5.74, 6) is 0. The summed E-state index contributed by atoms with van der Waals surface area (Å²) in [6, 6.07) is 7.91. The molecular formula is C12H10BrClN2O. The fourth-order valence-corrected chi connectivity index (χ4v) is 2.62. The highest BCUT2D eigenvalue weighted by Crippen LogP contribution is 2.28. The van der Waals surface area contributed by atoms with Crippen molar-refractivity contribution in [1.82, 2.24) is 9.78 Å². The lowest BCUT2D eigenvalue weighted by molar-refractivity contribution is 0.110. The number of rotatable bonds is 1. The number of halogens is 2. The molecule has 0 bridgehead atoms. The summed E-state index contributed by atoms with van der Waals surface area (Å²) in [5, 5.41) is 5.20. The predicted octanol–water partition coefficient (Wildman–Crippen LogP) is 3.36. The third-order valence-corrected chi connectivity index (χ3v) is 3.67. The van der Waals surface area contributed by atoms with Crippen LogP contribution in [-0.2, 0) is 17.8 Å². The van der Waals surface area contributed by atoms with Crippen molar-refractivity contribution in [1.29, 1.82) is 0 Å². The van der Waals surface area contributed by atoms with Gasteiger partial charge in [0.2, 0.25) is 0 Å². The topological polar surface area (TPSA) is 27.1 Å². The van der Waals surface area contributed by atoms with Gasteiger partial charge < -0.3 is 4.74 Å². The van der Waals surface area contributed by atoms with E-state index in [1.165, 1.54) is 0 Å². The number of hydrogen-bond donors (Lipinski definition) is 0. The maximum Gasteiger partial charge on any atom is 0.138 e. The van der Waals surface area contributed by atoms with Gasteiger partial charge in [0.15, 0.2) is 0 Å². The summed E-state index contributed by atoms with van der Waals surface area (Å²) >= 11 is 9.78. The lowest BCUT2D eigenvalue weighted by atomic mass is 10.2. The van der Waals surface area contributed by atoms with Gasteiger partial charge >= 0.3 is 0 Å². The van der Waals surface area contributed by atoms with Crippen molar-refractivity contribution in [2.45, 2.75) is 13.0 Å². The minimum atomic E-state index is 0.558. The number of hydrogen-bond acceptors (Lipinski definition) is 2. The maximum absolute atomic E-state index is 6.33. The summed E-state index contributed by atoms with van der Waals surface area (Å²) in [7, 11) is 0. The smallest absolute Gasteiger partial charge is 0.138 e. The Kier molecular flexibility index (Phi) is 2.94. The van der Waals surface area contributed by atoms with Gasteiger partial charge in [-0.3, -0.25) is 0 Å². The Labute approximate surface area is 112 Å². The third kappa shape index (κ3) is 2.01. The zero-order chi connectivity index (χ0) is 11.8. The molecule has 0 amide bonds. The van der Waals surface area contributed by atoms with E-state index in [1.807, 2.05) is 24.3 Å². The molecule has 3 nitrogen and oxygen atoms in total. The van der Waals surface area contributed by atoms with Crippen LogP contribution in [0.4, 0.5) is 0 Å². The summed E-state index contributed by atoms with van der Waals surface area (Å²) in [6.07, 6.45) is 0.829. The van der Waals surface area contributed by atoms with Crippen molar-refractivity contribution in [3.63, 3.8) is 0 Å². The van der Waals surface area contributed by atoms with Gasteiger partial charge in [-0.15, -0.1) is 0 Å². The monoisotopic (exact) mass is 312 g/mol. The minimum Gasteiger partial charge on any atom is -0.376 e. The molecule has 3 rings (SSSR count). The van der Waals surface area contributed by atoms with Crippen molar-refractivity contribution < 1.29 is 4.74 Å². The lowest BCUT2D eigenvalue weighted by Crippen LogP contribution is -2.08. The molecular weight excluding hydrogens is 304 g/mol. The van der Waals surface area contributed by atoms with Crippen molar-refractivity contribution in [3.05, 3.63) is 45.1 Å². The molecule has 17 heavy (non-hydrogen) atoms. The number of ether oxygens (including phenoxy) is 1. The largest absolute Gasteiger partial charge is 0.376 e. The van der Waals surface area contributed by atoms with Crippen LogP contribution in [0, 0.1) is 0 Å². The second-order valence-electron chi connectivity index (χ2n) is 3.91. The maximum atomic E-state index is 6.33. The van der Waals surface area contributed by atoms with Gasteiger partial charge in [0, 0.05) is 16.5 Å². The van der Waals surface area contributed by atoms with Gasteiger partial charge in [0.25, 0.3) is 0 Å². The van der Waals surface area contributed by atoms with E-state index in [-0.39, 0.29) is 0 Å². The summed E-state index contributed by atoms with van der Waals surface area (Å²) in [4.78, 5) is 0. The fourth-order valence-electron chi connectivity index (χ4n) is 1.94. The molecule has 0 radical (unpaired) electrons. The van der Waals surface area contributed by atoms with E-state index in [1.54, 1.807) is 4.68 Å². The van der Waals surface area contributed by atoms with Crippen molar-refractivity contribution in [3.8, 4) is 5.69 Å². The van der Waals surface area contributed by atoms with Crippen LogP contribution >= 0.6 is 27.5 Å². The molecule has 5 heteroatoms. The highest BCUT2D eigenvalue weighted by atomic mass is 79.9. The van der Waals surface area contributed by atoms with Crippen molar-refractivity contribution in [2.75, 3.05) is 6.61 Å². The van der Waals surface area contributed by atoms with E-state index in [4.69, 9.17) is 16.3 Å². The Morgan fingerprint density at radius 1 is 1.41 bits per heavy atom. The number of benzene rings is 1. The van der Waals surface area contributed by atoms with Crippen molar-refractivity contribution in [2.24, 2.45) is 0 Å². The van der Waals surface area contributed by atoms with Crippen molar-refractivity contribution >= 4 is 27.5 Å². The van der Waals surface area contributed by atoms with E-state index < -0.39 is 0 Å². The molecule has 2 aromatic rings. The van der Waals surface area contributed by atoms with Crippen LogP contribution in [0.3, 0.4) is 0 Å². The second-order valence-corrected chi connectivity index (χ2v) is 5.18. The zero-order valence-electron chi connectivity index (χ0n) is 8.99. The molecule has 0 unspecified atom stereocenters. The van der Waals surface area contributed by atoms with E-state index in [9.17, 15) is 0 Å². The molecule has 0 aliphatic carbocycles. The molecule has 1 aliphatic heterocycles. The van der Waals surface area contributed by atoms with Gasteiger partial charge in [-0.1, -0.05) is 33.6 Å². The fraction of sp³-hybridized carbons (Fsp3) is 0.250. The summed E-state index contributed by atoms with van der Waals surface area (Å²) in [5.41, 5.74) is 3.01. The molecule has 0 saturated carbocycles. The Morgan fingerprint density at radius 3 is 3.06 bits per heavy atom. The molecule has 0 fully saturated rings. The van der Waals surface area contributed by atoms with Gasteiger partial charge in [0.05, 0.1) is 24.6 Å². The average Bonchev–Trinajstić information content (AvgIpc) is 2.68. The van der Waals surface area contributed by atoms with E-state index >= 15 is 0 Å². The lowest BCUT2D eigenvalue weighted by Gasteiger charge is -2.09. The van der Waals surface area contributed by atoms with Gasteiger partial charge in [-0.2, -0.15) is 5.10 Å². The average molecular weight is 314 g/mol. The summed E-state index contributed by atoms with van der Waals surface area (Å²) < 4.78 is 8.18.